The Morgan fingerprint density at radius 2 is 1.75 bits per heavy atom. The molecule has 0 aromatic heterocycles. The predicted octanol–water partition coefficient (Wildman–Crippen LogP) is 1.66. The molecule has 16 heavy (non-hydrogen) atoms. The molecule has 0 fully saturated rings. The fourth-order valence-electron chi connectivity index (χ4n) is 1.13. The van der Waals surface area contributed by atoms with Gasteiger partial charge in [-0.2, -0.15) is 13.2 Å². The third kappa shape index (κ3) is 10.2. The fraction of sp³-hybridized carbons (Fsp3) is 1.00. The lowest BCUT2D eigenvalue weighted by atomic mass is 10.2. The highest BCUT2D eigenvalue weighted by Gasteiger charge is 2.29. The van der Waals surface area contributed by atoms with Crippen LogP contribution < -0.4 is 0 Å². The number of ether oxygens (including phenoxy) is 1. The van der Waals surface area contributed by atoms with E-state index in [9.17, 15) is 18.3 Å². The van der Waals surface area contributed by atoms with Crippen molar-refractivity contribution >= 4 is 0 Å². The van der Waals surface area contributed by atoms with Crippen molar-refractivity contribution in [2.75, 3.05) is 26.7 Å². The Bertz CT molecular complexity index is 201. The zero-order valence-electron chi connectivity index (χ0n) is 10.1. The lowest BCUT2D eigenvalue weighted by Crippen LogP contribution is -2.39. The summed E-state index contributed by atoms with van der Waals surface area (Å²) in [5, 5.41) is 9.45. The van der Waals surface area contributed by atoms with E-state index in [4.69, 9.17) is 4.74 Å². The van der Waals surface area contributed by atoms with Gasteiger partial charge in [-0.05, 0) is 27.8 Å². The Morgan fingerprint density at radius 1 is 1.25 bits per heavy atom. The van der Waals surface area contributed by atoms with Crippen molar-refractivity contribution < 1.29 is 23.0 Å². The lowest BCUT2D eigenvalue weighted by Gasteiger charge is -2.25. The molecule has 1 N–H and O–H groups in total. The monoisotopic (exact) mass is 243 g/mol. The summed E-state index contributed by atoms with van der Waals surface area (Å²) >= 11 is 0. The van der Waals surface area contributed by atoms with Gasteiger partial charge < -0.3 is 9.84 Å². The van der Waals surface area contributed by atoms with E-state index in [2.05, 4.69) is 0 Å². The molecular formula is C10H20F3NO2. The SMILES string of the molecule is CN(CC(O)COC(C)(C)C)CC(F)(F)F. The summed E-state index contributed by atoms with van der Waals surface area (Å²) in [6, 6.07) is 0. The number of aliphatic hydroxyl groups is 1. The smallest absolute Gasteiger partial charge is 0.389 e. The molecule has 0 rings (SSSR count). The van der Waals surface area contributed by atoms with Crippen molar-refractivity contribution in [3.05, 3.63) is 0 Å². The van der Waals surface area contributed by atoms with E-state index in [1.807, 2.05) is 20.8 Å². The van der Waals surface area contributed by atoms with Gasteiger partial charge >= 0.3 is 6.18 Å². The molecule has 3 nitrogen and oxygen atoms in total. The number of aliphatic hydroxyl groups excluding tert-OH is 1. The maximum atomic E-state index is 12.0. The highest BCUT2D eigenvalue weighted by atomic mass is 19.4. The number of likely N-dealkylation sites (N-methyl/N-ethyl adjacent to an activating group) is 1. The zero-order valence-corrected chi connectivity index (χ0v) is 10.1. The second-order valence-corrected chi connectivity index (χ2v) is 4.89. The largest absolute Gasteiger partial charge is 0.401 e. The van der Waals surface area contributed by atoms with Gasteiger partial charge in [-0.15, -0.1) is 0 Å². The van der Waals surface area contributed by atoms with Crippen molar-refractivity contribution in [1.82, 2.24) is 4.90 Å². The minimum atomic E-state index is -4.24. The van der Waals surface area contributed by atoms with Crippen LogP contribution in [0.1, 0.15) is 20.8 Å². The molecule has 0 aliphatic rings. The maximum absolute atomic E-state index is 12.0. The fourth-order valence-corrected chi connectivity index (χ4v) is 1.13. The molecule has 0 saturated carbocycles. The summed E-state index contributed by atoms with van der Waals surface area (Å²) in [5.41, 5.74) is -0.399. The van der Waals surface area contributed by atoms with Crippen molar-refractivity contribution in [3.63, 3.8) is 0 Å². The average molecular weight is 243 g/mol. The first kappa shape index (κ1) is 15.7. The molecule has 1 unspecified atom stereocenters. The average Bonchev–Trinajstić information content (AvgIpc) is 1.95. The Kier molecular flexibility index (Phi) is 5.72. The maximum Gasteiger partial charge on any atom is 0.401 e. The molecule has 0 radical (unpaired) electrons. The molecule has 0 bridgehead atoms. The molecule has 1 atom stereocenters. The third-order valence-electron chi connectivity index (χ3n) is 1.68. The van der Waals surface area contributed by atoms with Crippen LogP contribution in [-0.4, -0.2) is 54.6 Å². The second-order valence-electron chi connectivity index (χ2n) is 4.89. The lowest BCUT2D eigenvalue weighted by molar-refractivity contribution is -0.147. The van der Waals surface area contributed by atoms with Gasteiger partial charge in [0.2, 0.25) is 0 Å². The van der Waals surface area contributed by atoms with Gasteiger partial charge in [0.1, 0.15) is 0 Å². The number of alkyl halides is 3. The molecule has 0 saturated heterocycles. The molecular weight excluding hydrogens is 223 g/mol. The van der Waals surface area contributed by atoms with E-state index >= 15 is 0 Å². The van der Waals surface area contributed by atoms with E-state index in [0.717, 1.165) is 4.90 Å². The normalized spacial score (nSPS) is 15.6. The van der Waals surface area contributed by atoms with Crippen molar-refractivity contribution in [3.8, 4) is 0 Å². The quantitative estimate of drug-likeness (QED) is 0.797. The number of nitrogens with zero attached hydrogens (tertiary/aromatic N) is 1. The molecule has 6 heteroatoms. The Hall–Kier alpha value is -0.330. The Morgan fingerprint density at radius 3 is 2.12 bits per heavy atom. The molecule has 0 heterocycles. The second kappa shape index (κ2) is 5.84. The van der Waals surface area contributed by atoms with E-state index in [1.54, 1.807) is 0 Å². The van der Waals surface area contributed by atoms with Crippen molar-refractivity contribution in [1.29, 1.82) is 0 Å². The van der Waals surface area contributed by atoms with Crippen LogP contribution in [0.25, 0.3) is 0 Å². The van der Waals surface area contributed by atoms with Gasteiger partial charge in [0, 0.05) is 6.54 Å². The van der Waals surface area contributed by atoms with Crippen LogP contribution in [-0.2, 0) is 4.74 Å². The van der Waals surface area contributed by atoms with Gasteiger partial charge in [0.05, 0.1) is 24.9 Å². The summed E-state index contributed by atoms with van der Waals surface area (Å²) < 4.78 is 41.2. The summed E-state index contributed by atoms with van der Waals surface area (Å²) in [7, 11) is 1.31. The predicted molar refractivity (Wildman–Crippen MR) is 55.3 cm³/mol. The molecule has 0 amide bonds. The van der Waals surface area contributed by atoms with Gasteiger partial charge in [0.15, 0.2) is 0 Å². The highest BCUT2D eigenvalue weighted by molar-refractivity contribution is 4.67. The third-order valence-corrected chi connectivity index (χ3v) is 1.68. The van der Waals surface area contributed by atoms with Gasteiger partial charge in [-0.3, -0.25) is 4.90 Å². The van der Waals surface area contributed by atoms with Crippen molar-refractivity contribution in [2.45, 2.75) is 38.7 Å². The Balaban J connectivity index is 3.83. The van der Waals surface area contributed by atoms with Gasteiger partial charge in [0.25, 0.3) is 0 Å². The molecule has 0 aliphatic heterocycles. The van der Waals surface area contributed by atoms with Crippen molar-refractivity contribution in [2.24, 2.45) is 0 Å². The standard InChI is InChI=1S/C10H20F3NO2/c1-9(2,3)16-6-8(15)5-14(4)7-10(11,12)13/h8,15H,5-7H2,1-4H3. The summed E-state index contributed by atoms with van der Waals surface area (Å²) in [4.78, 5) is 1.02. The number of halogens is 3. The Labute approximate surface area is 94.2 Å². The van der Waals surface area contributed by atoms with Crippen LogP contribution >= 0.6 is 0 Å². The highest BCUT2D eigenvalue weighted by Crippen LogP contribution is 2.15. The summed E-state index contributed by atoms with van der Waals surface area (Å²) in [5.74, 6) is 0. The van der Waals surface area contributed by atoms with Crippen LogP contribution in [0.4, 0.5) is 13.2 Å². The van der Waals surface area contributed by atoms with Gasteiger partial charge in [-0.25, -0.2) is 0 Å². The van der Waals surface area contributed by atoms with E-state index < -0.39 is 24.4 Å². The van der Waals surface area contributed by atoms with Crippen LogP contribution in [0.3, 0.4) is 0 Å². The van der Waals surface area contributed by atoms with Crippen LogP contribution in [0.2, 0.25) is 0 Å². The molecule has 0 aromatic carbocycles. The number of hydrogen-bond donors (Lipinski definition) is 1. The van der Waals surface area contributed by atoms with Crippen LogP contribution in [0, 0.1) is 0 Å². The number of rotatable bonds is 5. The summed E-state index contributed by atoms with van der Waals surface area (Å²) in [6.45, 7) is 4.40. The van der Waals surface area contributed by atoms with Crippen LogP contribution in [0.5, 0.6) is 0 Å². The topological polar surface area (TPSA) is 32.7 Å². The molecule has 0 aromatic rings. The van der Waals surface area contributed by atoms with Gasteiger partial charge in [-0.1, -0.05) is 0 Å². The summed E-state index contributed by atoms with van der Waals surface area (Å²) in [6.07, 6.45) is -5.15. The zero-order chi connectivity index (χ0) is 13.0. The van der Waals surface area contributed by atoms with E-state index in [1.165, 1.54) is 7.05 Å². The van der Waals surface area contributed by atoms with E-state index in [-0.39, 0.29) is 13.2 Å². The first-order valence-corrected chi connectivity index (χ1v) is 5.07. The van der Waals surface area contributed by atoms with Crippen LogP contribution in [0.15, 0.2) is 0 Å². The minimum Gasteiger partial charge on any atom is -0.389 e. The minimum absolute atomic E-state index is 0.0334. The molecule has 0 aliphatic carbocycles. The first-order chi connectivity index (χ1) is 6.99. The number of hydrogen-bond acceptors (Lipinski definition) is 3. The van der Waals surface area contributed by atoms with E-state index in [0.29, 0.717) is 0 Å². The first-order valence-electron chi connectivity index (χ1n) is 5.07. The molecule has 98 valence electrons. The molecule has 0 spiro atoms.